The highest BCUT2D eigenvalue weighted by Crippen LogP contribution is 2.39. The molecule has 20 nitrogen and oxygen atoms in total. The van der Waals surface area contributed by atoms with Gasteiger partial charge in [-0.15, -0.1) is 20.4 Å². The zero-order chi connectivity index (χ0) is 53.5. The van der Waals surface area contributed by atoms with Gasteiger partial charge >= 0.3 is 0 Å². The summed E-state index contributed by atoms with van der Waals surface area (Å²) in [7, 11) is -1.86. The smallest absolute Gasteiger partial charge is 0.170 e. The number of nitrogens with zero attached hydrogens (tertiary/aromatic N) is 10. The number of benzene rings is 2. The molecule has 4 atom stereocenters. The maximum atomic E-state index is 13.6. The highest BCUT2D eigenvalue weighted by atomic mass is 79.9. The summed E-state index contributed by atoms with van der Waals surface area (Å²) in [4.78, 5) is 17.0. The van der Waals surface area contributed by atoms with Crippen LogP contribution in [0.5, 0.6) is 23.0 Å². The van der Waals surface area contributed by atoms with Crippen LogP contribution in [-0.2, 0) is 31.2 Å². The third-order valence-corrected chi connectivity index (χ3v) is 17.7. The molecule has 388 valence electrons. The number of halogens is 2. The monoisotopic (exact) mass is 1170 g/mol. The summed E-state index contributed by atoms with van der Waals surface area (Å²) in [6.07, 6.45) is 3.78. The summed E-state index contributed by atoms with van der Waals surface area (Å²) in [5.41, 5.74) is 3.94. The number of methoxy groups -OCH3 is 4. The zero-order valence-electron chi connectivity index (χ0n) is 41.3. The van der Waals surface area contributed by atoms with Crippen LogP contribution in [0.15, 0.2) is 119 Å². The number of ether oxygens (including phenoxy) is 4. The first-order valence-corrected chi connectivity index (χ1v) is 27.5. The predicted molar refractivity (Wildman–Crippen MR) is 283 cm³/mol. The van der Waals surface area contributed by atoms with Gasteiger partial charge in [-0.05, 0) is 132 Å². The number of aliphatic hydroxyl groups excluding tert-OH is 2. The Morgan fingerprint density at radius 3 is 1.18 bits per heavy atom. The fourth-order valence-electron chi connectivity index (χ4n) is 7.71. The van der Waals surface area contributed by atoms with E-state index < -0.39 is 53.9 Å². The van der Waals surface area contributed by atoms with Crippen LogP contribution < -0.4 is 18.9 Å². The fourth-order valence-corrected chi connectivity index (χ4v) is 10.8. The van der Waals surface area contributed by atoms with E-state index in [1.165, 1.54) is 42.3 Å². The molecular weight excluding hydrogens is 1120 g/mol. The van der Waals surface area contributed by atoms with E-state index in [9.17, 15) is 27.0 Å². The summed E-state index contributed by atoms with van der Waals surface area (Å²) in [5, 5.41) is 36.5. The van der Waals surface area contributed by atoms with E-state index >= 15 is 0 Å². The third kappa shape index (κ3) is 11.8. The second-order valence-electron chi connectivity index (χ2n) is 16.6. The number of sulfone groups is 2. The highest BCUT2D eigenvalue weighted by molar-refractivity contribution is 9.10. The summed E-state index contributed by atoms with van der Waals surface area (Å²) >= 11 is 6.74. The van der Waals surface area contributed by atoms with Gasteiger partial charge < -0.3 is 29.2 Å². The molecule has 2 N–H and O–H groups in total. The lowest BCUT2D eigenvalue weighted by Gasteiger charge is -2.21. The summed E-state index contributed by atoms with van der Waals surface area (Å²) < 4.78 is 81.2. The topological polar surface area (TPSA) is 259 Å². The van der Waals surface area contributed by atoms with Crippen LogP contribution in [0.3, 0.4) is 0 Å². The van der Waals surface area contributed by atoms with Crippen molar-refractivity contribution in [1.82, 2.24) is 49.5 Å². The second-order valence-corrected chi connectivity index (χ2v) is 23.0. The first kappa shape index (κ1) is 55.1. The largest absolute Gasteiger partial charge is 0.494 e. The van der Waals surface area contributed by atoms with Crippen LogP contribution in [0.2, 0.25) is 0 Å². The van der Waals surface area contributed by atoms with Gasteiger partial charge in [0.1, 0.15) is 58.1 Å². The maximum absolute atomic E-state index is 13.6. The Kier molecular flexibility index (Phi) is 17.6. The molecule has 0 saturated heterocycles. The molecule has 2 aromatic carbocycles. The van der Waals surface area contributed by atoms with Gasteiger partial charge in [-0.1, -0.05) is 12.1 Å². The molecule has 6 aromatic heterocycles. The number of hydrogen-bond acceptors (Lipinski definition) is 18. The van der Waals surface area contributed by atoms with Gasteiger partial charge in [0.2, 0.25) is 0 Å². The minimum atomic E-state index is -3.94. The Hall–Kier alpha value is -6.70. The van der Waals surface area contributed by atoms with Crippen molar-refractivity contribution in [2.24, 2.45) is 0 Å². The van der Waals surface area contributed by atoms with Gasteiger partial charge in [0.05, 0.1) is 61.7 Å². The molecule has 8 rings (SSSR count). The quantitative estimate of drug-likeness (QED) is 0.0834. The molecular formula is C50H52Br2N10O10S2. The number of aliphatic hydroxyl groups is 2. The van der Waals surface area contributed by atoms with Crippen molar-refractivity contribution in [3.8, 4) is 57.1 Å². The van der Waals surface area contributed by atoms with Gasteiger partial charge in [-0.3, -0.25) is 29.1 Å². The summed E-state index contributed by atoms with van der Waals surface area (Å²) in [6, 6.07) is 24.2. The van der Waals surface area contributed by atoms with Crippen molar-refractivity contribution < 1.29 is 46.0 Å². The highest BCUT2D eigenvalue weighted by Gasteiger charge is 2.35. The Morgan fingerprint density at radius 1 is 0.527 bits per heavy atom. The van der Waals surface area contributed by atoms with Gasteiger partial charge in [-0.2, -0.15) is 0 Å². The molecule has 24 heteroatoms. The van der Waals surface area contributed by atoms with Crippen molar-refractivity contribution in [1.29, 1.82) is 0 Å². The maximum Gasteiger partial charge on any atom is 0.170 e. The van der Waals surface area contributed by atoms with Crippen LogP contribution in [0.25, 0.3) is 34.2 Å². The molecule has 0 amide bonds. The van der Waals surface area contributed by atoms with Crippen molar-refractivity contribution in [2.75, 3.05) is 28.4 Å². The molecule has 0 aliphatic heterocycles. The fraction of sp³-hybridized carbons (Fsp3) is 0.280. The van der Waals surface area contributed by atoms with Crippen molar-refractivity contribution in [2.45, 2.75) is 61.9 Å². The number of hydrogen-bond donors (Lipinski definition) is 2. The van der Waals surface area contributed by atoms with Gasteiger partial charge in [0.25, 0.3) is 0 Å². The zero-order valence-corrected chi connectivity index (χ0v) is 46.1. The van der Waals surface area contributed by atoms with Gasteiger partial charge in [0.15, 0.2) is 43.0 Å². The average molecular weight is 1180 g/mol. The SMILES string of the molecule is COc1cccc(OC)c1-n1c(CS(=O)(=O)[C@@H](C)[C@H](O)c2ccc(Br)c(C)n2)nnc1-c1cccnc1.COc1cccc(OC)c1-n1c(CS(=O)(=O)[C@H](C)[C@@H](O)c2ccc(Br)c(C)n2)nnc1-c1cccnc1. The van der Waals surface area contributed by atoms with E-state index in [0.717, 1.165) is 8.95 Å². The molecule has 6 heterocycles. The molecule has 0 bridgehead atoms. The van der Waals surface area contributed by atoms with Gasteiger partial charge in [-0.25, -0.2) is 16.8 Å². The third-order valence-electron chi connectivity index (χ3n) is 11.9. The van der Waals surface area contributed by atoms with Crippen molar-refractivity contribution in [3.05, 3.63) is 153 Å². The number of aromatic nitrogens is 10. The minimum absolute atomic E-state index is 0.126. The van der Waals surface area contributed by atoms with E-state index in [0.29, 0.717) is 68.5 Å². The van der Waals surface area contributed by atoms with Crippen LogP contribution >= 0.6 is 31.9 Å². The summed E-state index contributed by atoms with van der Waals surface area (Å²) in [5.74, 6) is 1.71. The Bertz CT molecular complexity index is 3210. The van der Waals surface area contributed by atoms with E-state index in [1.807, 2.05) is 0 Å². The van der Waals surface area contributed by atoms with E-state index in [2.05, 4.69) is 72.2 Å². The lowest BCUT2D eigenvalue weighted by atomic mass is 10.1. The predicted octanol–water partition coefficient (Wildman–Crippen LogP) is 7.70. The Balaban J connectivity index is 0.000000216. The molecule has 0 aliphatic carbocycles. The van der Waals surface area contributed by atoms with Crippen LogP contribution in [-0.4, -0.2) is 115 Å². The minimum Gasteiger partial charge on any atom is -0.494 e. The van der Waals surface area contributed by atoms with E-state index in [4.69, 9.17) is 18.9 Å². The molecule has 0 unspecified atom stereocenters. The van der Waals surface area contributed by atoms with E-state index in [1.54, 1.807) is 133 Å². The Labute approximate surface area is 445 Å². The molecule has 8 aromatic rings. The molecule has 0 aliphatic rings. The number of rotatable bonds is 18. The molecule has 74 heavy (non-hydrogen) atoms. The number of aryl methyl sites for hydroxylation is 2. The van der Waals surface area contributed by atoms with Crippen LogP contribution in [0.1, 0.15) is 60.5 Å². The van der Waals surface area contributed by atoms with E-state index in [-0.39, 0.29) is 23.0 Å². The average Bonchev–Trinajstić information content (AvgIpc) is 4.02. The lowest BCUT2D eigenvalue weighted by Crippen LogP contribution is -2.28. The number of para-hydroxylation sites is 2. The normalized spacial score (nSPS) is 13.2. The van der Waals surface area contributed by atoms with Crippen molar-refractivity contribution in [3.63, 3.8) is 0 Å². The van der Waals surface area contributed by atoms with Crippen molar-refractivity contribution >= 4 is 51.5 Å². The second kappa shape index (κ2) is 23.7. The lowest BCUT2D eigenvalue weighted by molar-refractivity contribution is 0.170. The number of pyridine rings is 4. The summed E-state index contributed by atoms with van der Waals surface area (Å²) in [6.45, 7) is 6.43. The molecule has 0 saturated carbocycles. The Morgan fingerprint density at radius 2 is 0.878 bits per heavy atom. The van der Waals surface area contributed by atoms with Crippen LogP contribution in [0, 0.1) is 13.8 Å². The van der Waals surface area contributed by atoms with Crippen LogP contribution in [0.4, 0.5) is 0 Å². The molecule has 0 radical (unpaired) electrons. The van der Waals surface area contributed by atoms with Gasteiger partial charge in [0, 0.05) is 44.9 Å². The molecule has 0 spiro atoms. The molecule has 0 fully saturated rings. The standard InChI is InChI=1S/2C25H26BrN5O5S/c2*1-15-18(26)10-11-19(28-15)24(32)16(2)37(33,34)14-22-29-30-25(17-7-6-12-27-13-17)31(22)23-20(35-3)8-5-9-21(23)36-4/h2*5-13,16,24,32H,14H2,1-4H3/t2*16-,24-/m10/s1. The first-order chi connectivity index (χ1) is 35.3. The first-order valence-electron chi connectivity index (χ1n) is 22.5.